The number of amides is 1. The highest BCUT2D eigenvalue weighted by molar-refractivity contribution is 7.89. The zero-order valence-corrected chi connectivity index (χ0v) is 19.8. The summed E-state index contributed by atoms with van der Waals surface area (Å²) in [4.78, 5) is 21.9. The van der Waals surface area contributed by atoms with Crippen LogP contribution in [0, 0.1) is 0 Å². The van der Waals surface area contributed by atoms with Gasteiger partial charge in [0.15, 0.2) is 0 Å². The summed E-state index contributed by atoms with van der Waals surface area (Å²) in [6, 6.07) is 15.2. The Bertz CT molecular complexity index is 1220. The fourth-order valence-corrected chi connectivity index (χ4v) is 4.91. The molecular weight excluding hydrogens is 438 g/mol. The molecule has 0 spiro atoms. The van der Waals surface area contributed by atoms with E-state index in [-0.39, 0.29) is 10.8 Å². The highest BCUT2D eigenvalue weighted by Gasteiger charge is 2.22. The van der Waals surface area contributed by atoms with Gasteiger partial charge in [0.25, 0.3) is 0 Å². The highest BCUT2D eigenvalue weighted by Crippen LogP contribution is 2.22. The number of piperazine rings is 1. The molecule has 0 saturated carbocycles. The van der Waals surface area contributed by atoms with Crippen molar-refractivity contribution in [2.24, 2.45) is 5.14 Å². The van der Waals surface area contributed by atoms with Gasteiger partial charge in [0, 0.05) is 52.1 Å². The van der Waals surface area contributed by atoms with Crippen molar-refractivity contribution < 1.29 is 13.2 Å². The van der Waals surface area contributed by atoms with Crippen LogP contribution in [0.5, 0.6) is 0 Å². The van der Waals surface area contributed by atoms with E-state index in [0.29, 0.717) is 18.4 Å². The zero-order chi connectivity index (χ0) is 23.4. The summed E-state index contributed by atoms with van der Waals surface area (Å²) < 4.78 is 25.5. The molecule has 0 unspecified atom stereocenters. The largest absolute Gasteiger partial charge is 0.340 e. The first-order valence-electron chi connectivity index (χ1n) is 11.4. The Morgan fingerprint density at radius 3 is 2.45 bits per heavy atom. The molecule has 0 atom stereocenters. The molecule has 4 rings (SSSR count). The normalized spacial score (nSPS) is 15.3. The number of carbonyl (C=O) groups excluding carboxylic acids is 1. The molecule has 1 saturated heterocycles. The molecule has 3 aromatic rings. The van der Waals surface area contributed by atoms with Crippen molar-refractivity contribution in [3.63, 3.8) is 0 Å². The van der Waals surface area contributed by atoms with Crippen LogP contribution in [-0.4, -0.2) is 59.9 Å². The Morgan fingerprint density at radius 1 is 1.06 bits per heavy atom. The van der Waals surface area contributed by atoms with E-state index in [0.717, 1.165) is 57.0 Å². The predicted molar refractivity (Wildman–Crippen MR) is 128 cm³/mol. The molecule has 8 nitrogen and oxygen atoms in total. The van der Waals surface area contributed by atoms with Gasteiger partial charge in [-0.2, -0.15) is 0 Å². The second-order valence-corrected chi connectivity index (χ2v) is 10.1. The lowest BCUT2D eigenvalue weighted by Gasteiger charge is -2.34. The number of hydrogen-bond donors (Lipinski definition) is 1. The van der Waals surface area contributed by atoms with E-state index in [1.54, 1.807) is 6.07 Å². The Hall–Kier alpha value is -2.75. The van der Waals surface area contributed by atoms with Gasteiger partial charge < -0.3 is 9.47 Å². The van der Waals surface area contributed by atoms with Crippen molar-refractivity contribution in [1.29, 1.82) is 0 Å². The van der Waals surface area contributed by atoms with Crippen LogP contribution in [0.4, 0.5) is 0 Å². The summed E-state index contributed by atoms with van der Waals surface area (Å²) in [7, 11) is -3.79. The monoisotopic (exact) mass is 469 g/mol. The average Bonchev–Trinajstić information content (AvgIpc) is 3.15. The lowest BCUT2D eigenvalue weighted by atomic mass is 10.2. The molecule has 2 N–H and O–H groups in total. The number of aromatic nitrogens is 2. The van der Waals surface area contributed by atoms with Gasteiger partial charge in [-0.05, 0) is 30.2 Å². The maximum absolute atomic E-state index is 12.9. The molecule has 176 valence electrons. The Morgan fingerprint density at radius 2 is 1.79 bits per heavy atom. The standard InChI is InChI=1S/C24H31N5O3S/c1-2-12-29-22-9-8-20(33(25,31)32)17-21(22)26-23(29)10-11-24(30)28-15-13-27(14-16-28)18-19-6-4-3-5-7-19/h3-9,17H,2,10-16,18H2,1H3,(H2,25,31,32). The van der Waals surface area contributed by atoms with Crippen LogP contribution >= 0.6 is 0 Å². The molecule has 1 aromatic heterocycles. The molecule has 0 bridgehead atoms. The third-order valence-corrected chi connectivity index (χ3v) is 7.02. The van der Waals surface area contributed by atoms with Crippen molar-refractivity contribution in [3.8, 4) is 0 Å². The second kappa shape index (κ2) is 10.0. The molecule has 33 heavy (non-hydrogen) atoms. The summed E-state index contributed by atoms with van der Waals surface area (Å²) in [5.74, 6) is 0.934. The lowest BCUT2D eigenvalue weighted by Crippen LogP contribution is -2.48. The van der Waals surface area contributed by atoms with Gasteiger partial charge in [0.2, 0.25) is 15.9 Å². The van der Waals surface area contributed by atoms with Gasteiger partial charge in [-0.1, -0.05) is 37.3 Å². The van der Waals surface area contributed by atoms with Crippen LogP contribution in [0.3, 0.4) is 0 Å². The second-order valence-electron chi connectivity index (χ2n) is 8.52. The average molecular weight is 470 g/mol. The van der Waals surface area contributed by atoms with E-state index in [1.165, 1.54) is 17.7 Å². The van der Waals surface area contributed by atoms with Crippen molar-refractivity contribution in [2.45, 2.75) is 44.2 Å². The number of fused-ring (bicyclic) bond motifs is 1. The van der Waals surface area contributed by atoms with Crippen molar-refractivity contribution in [1.82, 2.24) is 19.4 Å². The fraction of sp³-hybridized carbons (Fsp3) is 0.417. The number of rotatable bonds is 8. The first kappa shape index (κ1) is 23.4. The number of imidazole rings is 1. The Balaban J connectivity index is 1.38. The van der Waals surface area contributed by atoms with E-state index in [1.807, 2.05) is 11.0 Å². The third-order valence-electron chi connectivity index (χ3n) is 6.11. The maximum atomic E-state index is 12.9. The van der Waals surface area contributed by atoms with Crippen molar-refractivity contribution in [3.05, 3.63) is 59.9 Å². The number of benzene rings is 2. The number of aryl methyl sites for hydroxylation is 2. The molecule has 9 heteroatoms. The summed E-state index contributed by atoms with van der Waals surface area (Å²) >= 11 is 0. The Kier molecular flexibility index (Phi) is 7.11. The third kappa shape index (κ3) is 5.61. The molecule has 1 aliphatic rings. The SMILES string of the molecule is CCCn1c(CCC(=O)N2CCN(Cc3ccccc3)CC2)nc2cc(S(N)(=O)=O)ccc21. The van der Waals surface area contributed by atoms with E-state index >= 15 is 0 Å². The number of primary sulfonamides is 1. The quantitative estimate of drug-likeness (QED) is 0.546. The number of nitrogens with two attached hydrogens (primary N) is 1. The van der Waals surface area contributed by atoms with E-state index < -0.39 is 10.0 Å². The summed E-state index contributed by atoms with van der Waals surface area (Å²) in [6.45, 7) is 6.94. The number of carbonyl (C=O) groups is 1. The molecule has 0 aliphatic carbocycles. The first-order chi connectivity index (χ1) is 15.8. The molecule has 1 aliphatic heterocycles. The predicted octanol–water partition coefficient (Wildman–Crippen LogP) is 2.37. The zero-order valence-electron chi connectivity index (χ0n) is 19.0. The van der Waals surface area contributed by atoms with Crippen LogP contribution in [-0.2, 0) is 34.3 Å². The van der Waals surface area contributed by atoms with Gasteiger partial charge in [-0.15, -0.1) is 0 Å². The van der Waals surface area contributed by atoms with Gasteiger partial charge >= 0.3 is 0 Å². The lowest BCUT2D eigenvalue weighted by molar-refractivity contribution is -0.133. The minimum absolute atomic E-state index is 0.0483. The maximum Gasteiger partial charge on any atom is 0.238 e. The summed E-state index contributed by atoms with van der Waals surface area (Å²) in [6.07, 6.45) is 1.81. The Labute approximate surface area is 195 Å². The molecule has 0 radical (unpaired) electrons. The van der Waals surface area contributed by atoms with Gasteiger partial charge in [-0.25, -0.2) is 18.5 Å². The molecular formula is C24H31N5O3S. The van der Waals surface area contributed by atoms with Crippen LogP contribution in [0.25, 0.3) is 11.0 Å². The smallest absolute Gasteiger partial charge is 0.238 e. The van der Waals surface area contributed by atoms with Gasteiger partial charge in [-0.3, -0.25) is 9.69 Å². The number of nitrogens with zero attached hydrogens (tertiary/aromatic N) is 4. The van der Waals surface area contributed by atoms with Crippen LogP contribution in [0.1, 0.15) is 31.2 Å². The summed E-state index contributed by atoms with van der Waals surface area (Å²) in [5.41, 5.74) is 2.74. The first-order valence-corrected chi connectivity index (χ1v) is 13.0. The van der Waals surface area contributed by atoms with Gasteiger partial charge in [0.05, 0.1) is 15.9 Å². The number of sulfonamides is 1. The van der Waals surface area contributed by atoms with Crippen LogP contribution in [0.15, 0.2) is 53.4 Å². The van der Waals surface area contributed by atoms with Crippen LogP contribution < -0.4 is 5.14 Å². The van der Waals surface area contributed by atoms with Crippen LogP contribution in [0.2, 0.25) is 0 Å². The minimum Gasteiger partial charge on any atom is -0.340 e. The van der Waals surface area contributed by atoms with Crippen molar-refractivity contribution in [2.75, 3.05) is 26.2 Å². The minimum atomic E-state index is -3.79. The van der Waals surface area contributed by atoms with E-state index in [2.05, 4.69) is 45.6 Å². The van der Waals surface area contributed by atoms with E-state index in [9.17, 15) is 13.2 Å². The summed E-state index contributed by atoms with van der Waals surface area (Å²) in [5, 5.41) is 5.27. The van der Waals surface area contributed by atoms with E-state index in [4.69, 9.17) is 5.14 Å². The number of hydrogen-bond acceptors (Lipinski definition) is 5. The molecule has 1 amide bonds. The highest BCUT2D eigenvalue weighted by atomic mass is 32.2. The molecule has 2 aromatic carbocycles. The van der Waals surface area contributed by atoms with Gasteiger partial charge in [0.1, 0.15) is 5.82 Å². The molecule has 2 heterocycles. The topological polar surface area (TPSA) is 102 Å². The fourth-order valence-electron chi connectivity index (χ4n) is 4.37. The van der Waals surface area contributed by atoms with Crippen molar-refractivity contribution >= 4 is 27.0 Å². The molecule has 1 fully saturated rings.